The van der Waals surface area contributed by atoms with Crippen molar-refractivity contribution in [3.8, 4) is 5.75 Å². The van der Waals surface area contributed by atoms with Crippen LogP contribution in [0.5, 0.6) is 5.75 Å². The van der Waals surface area contributed by atoms with Gasteiger partial charge in [-0.25, -0.2) is 0 Å². The van der Waals surface area contributed by atoms with Gasteiger partial charge in [0.25, 0.3) is 0 Å². The Labute approximate surface area is 108 Å². The Kier molecular flexibility index (Phi) is 3.27. The number of hydrogen-bond acceptors (Lipinski definition) is 3. The molecule has 2 aliphatic rings. The minimum Gasteiger partial charge on any atom is -0.493 e. The Bertz CT molecular complexity index is 444. The quantitative estimate of drug-likeness (QED) is 0.858. The van der Waals surface area contributed by atoms with Crippen LogP contribution in [0.2, 0.25) is 0 Å². The summed E-state index contributed by atoms with van der Waals surface area (Å²) in [5.74, 6) is 0.976. The van der Waals surface area contributed by atoms with Crippen LogP contribution in [0.25, 0.3) is 0 Å². The van der Waals surface area contributed by atoms with Gasteiger partial charge in [-0.1, -0.05) is 13.0 Å². The number of nitrogens with one attached hydrogen (secondary N) is 1. The lowest BCUT2D eigenvalue weighted by Gasteiger charge is -2.31. The Hall–Kier alpha value is -1.06. The van der Waals surface area contributed by atoms with E-state index in [4.69, 9.17) is 4.74 Å². The lowest BCUT2D eigenvalue weighted by Crippen LogP contribution is -2.38. The molecule has 3 nitrogen and oxygen atoms in total. The van der Waals surface area contributed by atoms with Gasteiger partial charge in [0, 0.05) is 12.5 Å². The van der Waals surface area contributed by atoms with E-state index < -0.39 is 6.10 Å². The average molecular weight is 247 g/mol. The van der Waals surface area contributed by atoms with Crippen molar-refractivity contribution in [2.45, 2.75) is 44.8 Å². The third kappa shape index (κ3) is 2.02. The normalized spacial score (nSPS) is 25.4. The van der Waals surface area contributed by atoms with Gasteiger partial charge in [0.15, 0.2) is 0 Å². The van der Waals surface area contributed by atoms with Gasteiger partial charge >= 0.3 is 0 Å². The van der Waals surface area contributed by atoms with Crippen LogP contribution < -0.4 is 10.1 Å². The van der Waals surface area contributed by atoms with Gasteiger partial charge in [-0.05, 0) is 48.6 Å². The number of benzene rings is 1. The molecule has 1 aliphatic heterocycles. The van der Waals surface area contributed by atoms with E-state index in [9.17, 15) is 5.11 Å². The molecule has 0 amide bonds. The molecule has 98 valence electrons. The molecule has 0 radical (unpaired) electrons. The van der Waals surface area contributed by atoms with Crippen LogP contribution >= 0.6 is 0 Å². The summed E-state index contributed by atoms with van der Waals surface area (Å²) in [6.07, 6.45) is 3.80. The highest BCUT2D eigenvalue weighted by atomic mass is 16.5. The fourth-order valence-corrected chi connectivity index (χ4v) is 3.01. The maximum absolute atomic E-state index is 10.5. The third-order valence-electron chi connectivity index (χ3n) is 4.03. The van der Waals surface area contributed by atoms with Crippen LogP contribution in [0, 0.1) is 0 Å². The first-order valence-electron chi connectivity index (χ1n) is 6.99. The molecule has 1 aromatic carbocycles. The summed E-state index contributed by atoms with van der Waals surface area (Å²) in [5, 5.41) is 13.9. The van der Waals surface area contributed by atoms with Crippen LogP contribution in [-0.4, -0.2) is 24.3 Å². The maximum Gasteiger partial charge on any atom is 0.123 e. The maximum atomic E-state index is 10.5. The predicted molar refractivity (Wildman–Crippen MR) is 71.0 cm³/mol. The lowest BCUT2D eigenvalue weighted by molar-refractivity contribution is 0.115. The molecule has 0 fully saturated rings. The van der Waals surface area contributed by atoms with Crippen molar-refractivity contribution < 1.29 is 9.84 Å². The zero-order valence-corrected chi connectivity index (χ0v) is 10.9. The van der Waals surface area contributed by atoms with Crippen molar-refractivity contribution in [3.63, 3.8) is 0 Å². The Balaban J connectivity index is 1.86. The van der Waals surface area contributed by atoms with Crippen molar-refractivity contribution in [2.75, 3.05) is 13.2 Å². The first-order valence-corrected chi connectivity index (χ1v) is 6.99. The first kappa shape index (κ1) is 12.0. The molecule has 0 aromatic heterocycles. The van der Waals surface area contributed by atoms with Gasteiger partial charge in [0.1, 0.15) is 5.75 Å². The third-order valence-corrected chi connectivity index (χ3v) is 4.03. The summed E-state index contributed by atoms with van der Waals surface area (Å²) in [6.45, 7) is 3.90. The zero-order chi connectivity index (χ0) is 12.5. The van der Waals surface area contributed by atoms with E-state index in [1.165, 1.54) is 11.1 Å². The van der Waals surface area contributed by atoms with Gasteiger partial charge < -0.3 is 15.2 Å². The molecule has 2 N–H and O–H groups in total. The molecule has 18 heavy (non-hydrogen) atoms. The number of rotatable bonds is 3. The Morgan fingerprint density at radius 1 is 1.33 bits per heavy atom. The summed E-state index contributed by atoms with van der Waals surface area (Å²) in [6, 6.07) is 4.48. The van der Waals surface area contributed by atoms with E-state index in [0.717, 1.165) is 50.1 Å². The molecule has 0 saturated heterocycles. The molecule has 1 aliphatic carbocycles. The summed E-state index contributed by atoms with van der Waals surface area (Å²) in [5.41, 5.74) is 3.68. The number of fused-ring (bicyclic) bond motifs is 2. The Morgan fingerprint density at radius 3 is 3.06 bits per heavy atom. The average Bonchev–Trinajstić information content (AvgIpc) is 2.83. The molecular weight excluding hydrogens is 226 g/mol. The SMILES string of the molecule is CCCN[C@@H]1CCc2cc3c(cc2[C@H]1O)OCC3. The number of aliphatic hydroxyl groups is 1. The number of hydrogen-bond donors (Lipinski definition) is 2. The van der Waals surface area contributed by atoms with Gasteiger partial charge in [-0.3, -0.25) is 0 Å². The van der Waals surface area contributed by atoms with Crippen molar-refractivity contribution in [2.24, 2.45) is 0 Å². The van der Waals surface area contributed by atoms with Crippen LogP contribution in [0.15, 0.2) is 12.1 Å². The smallest absolute Gasteiger partial charge is 0.123 e. The highest BCUT2D eigenvalue weighted by Crippen LogP contribution is 2.36. The fraction of sp³-hybridized carbons (Fsp3) is 0.600. The molecule has 3 rings (SSSR count). The van der Waals surface area contributed by atoms with Crippen LogP contribution in [0.1, 0.15) is 42.6 Å². The second-order valence-electron chi connectivity index (χ2n) is 5.30. The molecule has 2 atom stereocenters. The van der Waals surface area contributed by atoms with Crippen molar-refractivity contribution in [3.05, 3.63) is 28.8 Å². The zero-order valence-electron chi connectivity index (χ0n) is 10.9. The summed E-state index contributed by atoms with van der Waals surface area (Å²) in [4.78, 5) is 0. The summed E-state index contributed by atoms with van der Waals surface area (Å²) < 4.78 is 5.60. The molecule has 0 bridgehead atoms. The minimum atomic E-state index is -0.394. The highest BCUT2D eigenvalue weighted by molar-refractivity contribution is 5.47. The predicted octanol–water partition coefficient (Wildman–Crippen LogP) is 1.97. The second kappa shape index (κ2) is 4.90. The number of aryl methyl sites for hydroxylation is 1. The van der Waals surface area contributed by atoms with Crippen LogP contribution in [0.3, 0.4) is 0 Å². The second-order valence-corrected chi connectivity index (χ2v) is 5.30. The van der Waals surface area contributed by atoms with E-state index >= 15 is 0 Å². The van der Waals surface area contributed by atoms with Crippen LogP contribution in [-0.2, 0) is 12.8 Å². The standard InChI is InChI=1S/C15H21NO2/c1-2-6-16-13-4-3-10-8-11-5-7-18-14(11)9-12(10)15(13)17/h8-9,13,15-17H,2-7H2,1H3/t13-,15-/m1/s1. The molecule has 3 heteroatoms. The largest absolute Gasteiger partial charge is 0.493 e. The summed E-state index contributed by atoms with van der Waals surface area (Å²) >= 11 is 0. The molecule has 1 heterocycles. The monoisotopic (exact) mass is 247 g/mol. The topological polar surface area (TPSA) is 41.5 Å². The van der Waals surface area contributed by atoms with Crippen molar-refractivity contribution in [1.82, 2.24) is 5.32 Å². The summed E-state index contributed by atoms with van der Waals surface area (Å²) in [7, 11) is 0. The highest BCUT2D eigenvalue weighted by Gasteiger charge is 2.29. The van der Waals surface area contributed by atoms with E-state index in [2.05, 4.69) is 24.4 Å². The molecule has 1 aromatic rings. The Morgan fingerprint density at radius 2 is 2.22 bits per heavy atom. The van der Waals surface area contributed by atoms with Crippen LogP contribution in [0.4, 0.5) is 0 Å². The van der Waals surface area contributed by atoms with Gasteiger partial charge in [-0.15, -0.1) is 0 Å². The molecule has 0 unspecified atom stereocenters. The number of aliphatic hydroxyl groups excluding tert-OH is 1. The van der Waals surface area contributed by atoms with Gasteiger partial charge in [0.2, 0.25) is 0 Å². The molecular formula is C15H21NO2. The first-order chi connectivity index (χ1) is 8.79. The van der Waals surface area contributed by atoms with E-state index in [1.807, 2.05) is 0 Å². The van der Waals surface area contributed by atoms with Gasteiger partial charge in [-0.2, -0.15) is 0 Å². The van der Waals surface area contributed by atoms with Gasteiger partial charge in [0.05, 0.1) is 12.7 Å². The van der Waals surface area contributed by atoms with E-state index in [1.54, 1.807) is 0 Å². The fourth-order valence-electron chi connectivity index (χ4n) is 3.01. The lowest BCUT2D eigenvalue weighted by atomic mass is 9.84. The van der Waals surface area contributed by atoms with E-state index in [0.29, 0.717) is 0 Å². The van der Waals surface area contributed by atoms with E-state index in [-0.39, 0.29) is 6.04 Å². The molecule has 0 saturated carbocycles. The molecule has 0 spiro atoms. The minimum absolute atomic E-state index is 0.192. The number of ether oxygens (including phenoxy) is 1. The van der Waals surface area contributed by atoms with Crippen molar-refractivity contribution >= 4 is 0 Å². The van der Waals surface area contributed by atoms with Crippen molar-refractivity contribution in [1.29, 1.82) is 0 Å².